The lowest BCUT2D eigenvalue weighted by Gasteiger charge is -2.16. The molecule has 0 aliphatic carbocycles. The predicted molar refractivity (Wildman–Crippen MR) is 98.7 cm³/mol. The number of benzene rings is 2. The van der Waals surface area contributed by atoms with E-state index in [4.69, 9.17) is 14.5 Å². The van der Waals surface area contributed by atoms with Crippen LogP contribution >= 0.6 is 0 Å². The summed E-state index contributed by atoms with van der Waals surface area (Å²) in [6.45, 7) is 2.70. The molecule has 1 aromatic heterocycles. The van der Waals surface area contributed by atoms with Crippen LogP contribution in [0.5, 0.6) is 5.75 Å². The summed E-state index contributed by atoms with van der Waals surface area (Å²) in [5.41, 5.74) is 3.22. The third-order valence-corrected chi connectivity index (χ3v) is 3.91. The molecule has 24 heavy (non-hydrogen) atoms. The van der Waals surface area contributed by atoms with Gasteiger partial charge in [-0.2, -0.15) is 0 Å². The van der Waals surface area contributed by atoms with Gasteiger partial charge in [-0.15, -0.1) is 0 Å². The average molecular weight is 322 g/mol. The van der Waals surface area contributed by atoms with Crippen LogP contribution in [0.15, 0.2) is 54.6 Å². The Morgan fingerprint density at radius 1 is 1.04 bits per heavy atom. The maximum Gasteiger partial charge on any atom is 0.127 e. The zero-order valence-electron chi connectivity index (χ0n) is 14.2. The van der Waals surface area contributed by atoms with Crippen LogP contribution in [-0.4, -0.2) is 31.9 Å². The lowest BCUT2D eigenvalue weighted by Crippen LogP contribution is -2.21. The van der Waals surface area contributed by atoms with Crippen molar-refractivity contribution in [2.75, 3.05) is 26.1 Å². The van der Waals surface area contributed by atoms with Gasteiger partial charge in [0.1, 0.15) is 11.6 Å². The van der Waals surface area contributed by atoms with Crippen molar-refractivity contribution in [1.29, 1.82) is 0 Å². The van der Waals surface area contributed by atoms with Crippen LogP contribution in [0, 0.1) is 0 Å². The molecule has 124 valence electrons. The molecule has 0 aliphatic heterocycles. The molecule has 1 unspecified atom stereocenters. The maximum atomic E-state index is 5.35. The molecule has 3 aromatic rings. The molecule has 4 nitrogen and oxygen atoms in total. The summed E-state index contributed by atoms with van der Waals surface area (Å²) < 4.78 is 10.6. The monoisotopic (exact) mass is 322 g/mol. The molecule has 1 heterocycles. The van der Waals surface area contributed by atoms with E-state index >= 15 is 0 Å². The summed E-state index contributed by atoms with van der Waals surface area (Å²) in [4.78, 5) is 4.75. The van der Waals surface area contributed by atoms with Crippen LogP contribution in [0.4, 0.5) is 5.82 Å². The number of anilines is 1. The molecule has 2 aromatic carbocycles. The van der Waals surface area contributed by atoms with E-state index < -0.39 is 0 Å². The van der Waals surface area contributed by atoms with Crippen molar-refractivity contribution in [3.05, 3.63) is 54.6 Å². The SMILES string of the molecule is COCC(C)Nc1cc(-c2ccccc2)c2ccc(OC)cc2n1. The molecule has 0 amide bonds. The molecule has 3 rings (SSSR count). The number of pyridine rings is 1. The van der Waals surface area contributed by atoms with Gasteiger partial charge in [0.2, 0.25) is 0 Å². The number of ether oxygens (including phenoxy) is 2. The minimum absolute atomic E-state index is 0.175. The molecule has 0 spiro atoms. The predicted octanol–water partition coefficient (Wildman–Crippen LogP) is 4.36. The largest absolute Gasteiger partial charge is 0.497 e. The highest BCUT2D eigenvalue weighted by atomic mass is 16.5. The lowest BCUT2D eigenvalue weighted by molar-refractivity contribution is 0.190. The van der Waals surface area contributed by atoms with Crippen molar-refractivity contribution < 1.29 is 9.47 Å². The summed E-state index contributed by atoms with van der Waals surface area (Å²) >= 11 is 0. The molecular weight excluding hydrogens is 300 g/mol. The number of hydrogen-bond acceptors (Lipinski definition) is 4. The average Bonchev–Trinajstić information content (AvgIpc) is 2.61. The first-order valence-corrected chi connectivity index (χ1v) is 8.01. The minimum Gasteiger partial charge on any atom is -0.497 e. The normalized spacial score (nSPS) is 12.1. The molecule has 4 heteroatoms. The highest BCUT2D eigenvalue weighted by Crippen LogP contribution is 2.32. The molecule has 0 radical (unpaired) electrons. The van der Waals surface area contributed by atoms with Crippen molar-refractivity contribution in [2.45, 2.75) is 13.0 Å². The van der Waals surface area contributed by atoms with Crippen LogP contribution < -0.4 is 10.1 Å². The van der Waals surface area contributed by atoms with Crippen molar-refractivity contribution in [3.8, 4) is 16.9 Å². The van der Waals surface area contributed by atoms with Gasteiger partial charge in [-0.05, 0) is 36.2 Å². The Morgan fingerprint density at radius 3 is 2.54 bits per heavy atom. The molecular formula is C20H22N2O2. The third kappa shape index (κ3) is 3.49. The maximum absolute atomic E-state index is 5.35. The van der Waals surface area contributed by atoms with Gasteiger partial charge in [0.05, 0.1) is 19.2 Å². The number of fused-ring (bicyclic) bond motifs is 1. The number of rotatable bonds is 6. The van der Waals surface area contributed by atoms with E-state index in [2.05, 4.69) is 36.5 Å². The quantitative estimate of drug-likeness (QED) is 0.732. The second-order valence-electron chi connectivity index (χ2n) is 5.80. The highest BCUT2D eigenvalue weighted by molar-refractivity contribution is 5.96. The fourth-order valence-corrected chi connectivity index (χ4v) is 2.81. The van der Waals surface area contributed by atoms with Gasteiger partial charge in [-0.1, -0.05) is 30.3 Å². The summed E-state index contributed by atoms with van der Waals surface area (Å²) in [6, 6.07) is 18.6. The van der Waals surface area contributed by atoms with Gasteiger partial charge in [0.25, 0.3) is 0 Å². The third-order valence-electron chi connectivity index (χ3n) is 3.91. The molecule has 0 fully saturated rings. The Bertz CT molecular complexity index is 818. The number of nitrogens with zero attached hydrogens (tertiary/aromatic N) is 1. The van der Waals surface area contributed by atoms with Gasteiger partial charge in [0, 0.05) is 24.6 Å². The molecule has 1 N–H and O–H groups in total. The Balaban J connectivity index is 2.13. The summed E-state index contributed by atoms with van der Waals surface area (Å²) in [5.74, 6) is 1.63. The molecule has 0 aliphatic rings. The van der Waals surface area contributed by atoms with E-state index in [1.54, 1.807) is 14.2 Å². The second-order valence-corrected chi connectivity index (χ2v) is 5.80. The van der Waals surface area contributed by atoms with Crippen LogP contribution in [0.1, 0.15) is 6.92 Å². The first-order chi connectivity index (χ1) is 11.7. The first-order valence-electron chi connectivity index (χ1n) is 8.01. The Morgan fingerprint density at radius 2 is 1.83 bits per heavy atom. The highest BCUT2D eigenvalue weighted by Gasteiger charge is 2.10. The van der Waals surface area contributed by atoms with Gasteiger partial charge in [-0.3, -0.25) is 0 Å². The summed E-state index contributed by atoms with van der Waals surface area (Å²) in [5, 5.41) is 4.51. The van der Waals surface area contributed by atoms with Gasteiger partial charge in [0.15, 0.2) is 0 Å². The molecule has 0 saturated heterocycles. The van der Waals surface area contributed by atoms with E-state index in [0.29, 0.717) is 6.61 Å². The zero-order chi connectivity index (χ0) is 16.9. The first kappa shape index (κ1) is 16.3. The lowest BCUT2D eigenvalue weighted by atomic mass is 10.0. The van der Waals surface area contributed by atoms with Crippen molar-refractivity contribution >= 4 is 16.7 Å². The van der Waals surface area contributed by atoms with E-state index in [1.165, 1.54) is 0 Å². The van der Waals surface area contributed by atoms with Crippen LogP contribution in [-0.2, 0) is 4.74 Å². The fourth-order valence-electron chi connectivity index (χ4n) is 2.81. The number of nitrogens with one attached hydrogen (secondary N) is 1. The Hall–Kier alpha value is -2.59. The fraction of sp³-hybridized carbons (Fsp3) is 0.250. The summed E-state index contributed by atoms with van der Waals surface area (Å²) in [7, 11) is 3.37. The second kappa shape index (κ2) is 7.32. The minimum atomic E-state index is 0.175. The van der Waals surface area contributed by atoms with E-state index in [9.17, 15) is 0 Å². The number of aromatic nitrogens is 1. The number of hydrogen-bond donors (Lipinski definition) is 1. The van der Waals surface area contributed by atoms with E-state index in [-0.39, 0.29) is 6.04 Å². The Kier molecular flexibility index (Phi) is 4.96. The van der Waals surface area contributed by atoms with E-state index in [0.717, 1.165) is 33.6 Å². The van der Waals surface area contributed by atoms with Crippen LogP contribution in [0.25, 0.3) is 22.0 Å². The topological polar surface area (TPSA) is 43.4 Å². The Labute approximate surface area is 142 Å². The van der Waals surface area contributed by atoms with Crippen molar-refractivity contribution in [2.24, 2.45) is 0 Å². The molecule has 1 atom stereocenters. The molecule has 0 bridgehead atoms. The van der Waals surface area contributed by atoms with Gasteiger partial charge in [-0.25, -0.2) is 4.98 Å². The standard InChI is InChI=1S/C20H22N2O2/c1-14(13-23-2)21-20-12-18(15-7-5-4-6-8-15)17-10-9-16(24-3)11-19(17)22-20/h4-12,14H,13H2,1-3H3,(H,21,22). The van der Waals surface area contributed by atoms with Gasteiger partial charge < -0.3 is 14.8 Å². The number of methoxy groups -OCH3 is 2. The van der Waals surface area contributed by atoms with E-state index in [1.807, 2.05) is 30.3 Å². The van der Waals surface area contributed by atoms with Gasteiger partial charge >= 0.3 is 0 Å². The van der Waals surface area contributed by atoms with Crippen LogP contribution in [0.3, 0.4) is 0 Å². The summed E-state index contributed by atoms with van der Waals surface area (Å²) in [6.07, 6.45) is 0. The molecule has 0 saturated carbocycles. The van der Waals surface area contributed by atoms with Crippen molar-refractivity contribution in [1.82, 2.24) is 4.98 Å². The van der Waals surface area contributed by atoms with Crippen molar-refractivity contribution in [3.63, 3.8) is 0 Å². The van der Waals surface area contributed by atoms with Crippen LogP contribution in [0.2, 0.25) is 0 Å². The zero-order valence-corrected chi connectivity index (χ0v) is 14.2. The smallest absolute Gasteiger partial charge is 0.127 e.